The summed E-state index contributed by atoms with van der Waals surface area (Å²) in [5.41, 5.74) is 0. The van der Waals surface area contributed by atoms with Crippen LogP contribution in [0.5, 0.6) is 34.5 Å². The van der Waals surface area contributed by atoms with Crippen molar-refractivity contribution in [2.45, 2.75) is 0 Å². The first-order valence-electron chi connectivity index (χ1n) is 8.76. The van der Waals surface area contributed by atoms with Crippen molar-refractivity contribution < 1.29 is 31.5 Å². The molecule has 0 aromatic heterocycles. The molecule has 3 aromatic rings. The topological polar surface area (TPSA) is 55.4 Å². The molecule has 180 valence electrons. The number of rotatable bonds is 0. The summed E-state index contributed by atoms with van der Waals surface area (Å²) in [6.07, 6.45) is 0. The molecule has 0 radical (unpaired) electrons. The SMILES string of the molecule is Fc1ccc2c(c1)O[P-]13(O2)(Oc2c(Cl)c(Cl)c(Cl)c(Cl)c2O1)Oc1c(Cl)c(Cl)c(Cl)c(Cl)c1O3. The van der Waals surface area contributed by atoms with Crippen molar-refractivity contribution >= 4 is 100 Å². The van der Waals surface area contributed by atoms with Crippen LogP contribution in [-0.4, -0.2) is 0 Å². The van der Waals surface area contributed by atoms with E-state index in [4.69, 9.17) is 120 Å². The van der Waals surface area contributed by atoms with Crippen LogP contribution in [0.25, 0.3) is 0 Å². The van der Waals surface area contributed by atoms with E-state index in [2.05, 4.69) is 0 Å². The Balaban J connectivity index is 1.69. The molecular weight excluding hydrogens is 646 g/mol. The summed E-state index contributed by atoms with van der Waals surface area (Å²) in [5.74, 6) is -2.21. The van der Waals surface area contributed by atoms with Crippen molar-refractivity contribution in [2.75, 3.05) is 0 Å². The molecule has 1 spiro atoms. The van der Waals surface area contributed by atoms with Gasteiger partial charge in [0.1, 0.15) is 0 Å². The Morgan fingerprint density at radius 1 is 0.471 bits per heavy atom. The number of hydrogen-bond donors (Lipinski definition) is 0. The molecule has 0 saturated heterocycles. The summed E-state index contributed by atoms with van der Waals surface area (Å²) < 4.78 is 50.4. The van der Waals surface area contributed by atoms with Crippen LogP contribution in [0.15, 0.2) is 18.2 Å². The molecule has 3 heterocycles. The van der Waals surface area contributed by atoms with Crippen molar-refractivity contribution in [3.05, 3.63) is 64.2 Å². The first-order valence-corrected chi connectivity index (χ1v) is 14.0. The second-order valence-electron chi connectivity index (χ2n) is 7.09. The molecule has 16 heteroatoms. The van der Waals surface area contributed by atoms with Crippen molar-refractivity contribution in [3.63, 3.8) is 0 Å². The molecule has 0 aliphatic carbocycles. The van der Waals surface area contributed by atoms with Crippen LogP contribution >= 0.6 is 100 Å². The zero-order valence-electron chi connectivity index (χ0n) is 15.5. The van der Waals surface area contributed by atoms with Gasteiger partial charge in [-0.2, -0.15) is 0 Å². The third kappa shape index (κ3) is 2.71. The van der Waals surface area contributed by atoms with E-state index < -0.39 is 13.1 Å². The summed E-state index contributed by atoms with van der Waals surface area (Å²) in [6, 6.07) is 3.29. The monoisotopic (exact) mass is 645 g/mol. The zero-order chi connectivity index (χ0) is 24.4. The molecule has 3 aromatic carbocycles. The molecule has 0 amide bonds. The average Bonchev–Trinajstić information content (AvgIpc) is 3.39. The van der Waals surface area contributed by atoms with Gasteiger partial charge < -0.3 is 0 Å². The van der Waals surface area contributed by atoms with Crippen LogP contribution in [0, 0.1) is 5.82 Å². The Kier molecular flexibility index (Phi) is 4.65. The summed E-state index contributed by atoms with van der Waals surface area (Å²) >= 11 is 50.2. The zero-order valence-corrected chi connectivity index (χ0v) is 22.5. The number of fused-ring (bicyclic) bond motifs is 3. The van der Waals surface area contributed by atoms with Crippen LogP contribution in [0.2, 0.25) is 40.2 Å². The van der Waals surface area contributed by atoms with Gasteiger partial charge in [0.05, 0.1) is 0 Å². The summed E-state index contributed by atoms with van der Waals surface area (Å²) in [7, 11) is -6.59. The third-order valence-electron chi connectivity index (χ3n) is 4.95. The Morgan fingerprint density at radius 3 is 1.21 bits per heavy atom. The van der Waals surface area contributed by atoms with Crippen LogP contribution < -0.4 is 27.1 Å². The number of hydrogen-bond acceptors (Lipinski definition) is 6. The molecule has 0 unspecified atom stereocenters. The van der Waals surface area contributed by atoms with E-state index in [1.165, 1.54) is 6.07 Å². The van der Waals surface area contributed by atoms with E-state index in [1.807, 2.05) is 0 Å². The van der Waals surface area contributed by atoms with Gasteiger partial charge in [0.15, 0.2) is 0 Å². The number of halogens is 9. The van der Waals surface area contributed by atoms with Crippen LogP contribution in [0.4, 0.5) is 4.39 Å². The Labute approximate surface area is 229 Å². The van der Waals surface area contributed by atoms with Gasteiger partial charge in [0.2, 0.25) is 0 Å². The molecule has 6 nitrogen and oxygen atoms in total. The van der Waals surface area contributed by atoms with Crippen LogP contribution in [0.3, 0.4) is 0 Å². The van der Waals surface area contributed by atoms with Crippen molar-refractivity contribution in [2.24, 2.45) is 0 Å². The van der Waals surface area contributed by atoms with E-state index in [1.54, 1.807) is 0 Å². The molecule has 34 heavy (non-hydrogen) atoms. The average molecular weight is 649 g/mol. The second-order valence-corrected chi connectivity index (χ2v) is 13.4. The molecule has 0 N–H and O–H groups in total. The van der Waals surface area contributed by atoms with Gasteiger partial charge in [0, 0.05) is 0 Å². The summed E-state index contributed by atoms with van der Waals surface area (Å²) in [4.78, 5) is 0. The minimum atomic E-state index is -6.59. The normalized spacial score (nSPS) is 20.7. The van der Waals surface area contributed by atoms with Crippen LogP contribution in [-0.2, 0) is 0 Å². The van der Waals surface area contributed by atoms with Gasteiger partial charge >= 0.3 is 230 Å². The Bertz CT molecular complexity index is 1370. The second kappa shape index (κ2) is 6.71. The maximum absolute atomic E-state index is 14.1. The minimum absolute atomic E-state index is 0.0913. The van der Waals surface area contributed by atoms with E-state index in [9.17, 15) is 4.39 Å². The summed E-state index contributed by atoms with van der Waals surface area (Å²) in [6.45, 7) is 0. The quantitative estimate of drug-likeness (QED) is 0.137. The molecule has 0 atom stereocenters. The fourth-order valence-corrected chi connectivity index (χ4v) is 9.41. The first kappa shape index (κ1) is 23.5. The van der Waals surface area contributed by atoms with Crippen molar-refractivity contribution in [3.8, 4) is 34.5 Å². The van der Waals surface area contributed by atoms with Gasteiger partial charge in [0.25, 0.3) is 0 Å². The molecular formula is C18H3Cl8FO6P-. The Hall–Kier alpha value is -0.860. The fraction of sp³-hybridized carbons (Fsp3) is 0. The van der Waals surface area contributed by atoms with Gasteiger partial charge in [-0.25, -0.2) is 0 Å². The van der Waals surface area contributed by atoms with Gasteiger partial charge in [-0.15, -0.1) is 0 Å². The molecule has 0 fully saturated rings. The molecule has 3 aliphatic rings. The van der Waals surface area contributed by atoms with E-state index in [0.717, 1.165) is 12.1 Å². The molecule has 0 saturated carbocycles. The van der Waals surface area contributed by atoms with Crippen molar-refractivity contribution in [1.82, 2.24) is 0 Å². The van der Waals surface area contributed by atoms with E-state index in [-0.39, 0.29) is 74.7 Å². The van der Waals surface area contributed by atoms with E-state index >= 15 is 0 Å². The van der Waals surface area contributed by atoms with Gasteiger partial charge in [-0.3, -0.25) is 0 Å². The van der Waals surface area contributed by atoms with Gasteiger partial charge in [-0.05, 0) is 0 Å². The predicted octanol–water partition coefficient (Wildman–Crippen LogP) is 10.3. The first-order chi connectivity index (χ1) is 15.8. The van der Waals surface area contributed by atoms with Crippen LogP contribution in [0.1, 0.15) is 0 Å². The Morgan fingerprint density at radius 2 is 0.824 bits per heavy atom. The van der Waals surface area contributed by atoms with E-state index in [0.29, 0.717) is 0 Å². The molecule has 3 aliphatic heterocycles. The number of benzene rings is 3. The third-order valence-corrected chi connectivity index (χ3v) is 11.8. The standard InChI is InChI=1S/C18H3Cl8FO6P/c19-7-8(20)12(24)16-15(11(7)23)30-34(31-16,28-5-2-1-4(27)3-6(5)29-34)32-17-13(25)9(21)10(22)14(26)18(17)33-34/h1-3H/q-1. The van der Waals surface area contributed by atoms with Crippen molar-refractivity contribution in [1.29, 1.82) is 0 Å². The fourth-order valence-electron chi connectivity index (χ4n) is 3.56. The summed E-state index contributed by atoms with van der Waals surface area (Å²) in [5, 5.41) is -1.66. The maximum atomic E-state index is 14.1. The molecule has 6 rings (SSSR count). The molecule has 0 bridgehead atoms. The van der Waals surface area contributed by atoms with Gasteiger partial charge in [-0.1, -0.05) is 0 Å². The predicted molar refractivity (Wildman–Crippen MR) is 130 cm³/mol.